The number of halogens is 2. The number of anilines is 1. The Bertz CT molecular complexity index is 729. The van der Waals surface area contributed by atoms with Crippen LogP contribution in [0.25, 0.3) is 10.9 Å². The average molecular weight is 320 g/mol. The minimum atomic E-state index is -1.41. The lowest BCUT2D eigenvalue weighted by Crippen LogP contribution is -2.48. The molecule has 2 aromatic rings. The highest BCUT2D eigenvalue weighted by Gasteiger charge is 2.35. The van der Waals surface area contributed by atoms with Gasteiger partial charge in [0.25, 0.3) is 0 Å². The number of nitrogens with one attached hydrogen (secondary N) is 1. The number of carbonyl (C=O) groups excluding carboxylic acids is 1. The third-order valence-electron chi connectivity index (χ3n) is 4.19. The van der Waals surface area contributed by atoms with E-state index in [0.29, 0.717) is 29.8 Å². The molecule has 0 atom stereocenters. The van der Waals surface area contributed by atoms with Crippen LogP contribution >= 0.6 is 0 Å². The fourth-order valence-electron chi connectivity index (χ4n) is 2.85. The Labute approximate surface area is 132 Å². The van der Waals surface area contributed by atoms with Crippen LogP contribution in [-0.2, 0) is 4.79 Å². The number of amides is 1. The predicted octanol–water partition coefficient (Wildman–Crippen LogP) is 2.21. The van der Waals surface area contributed by atoms with Crippen molar-refractivity contribution in [1.29, 1.82) is 0 Å². The van der Waals surface area contributed by atoms with Gasteiger partial charge in [0.15, 0.2) is 0 Å². The Morgan fingerprint density at radius 1 is 1.35 bits per heavy atom. The fraction of sp³-hybridized carbons (Fsp3) is 0.438. The van der Waals surface area contributed by atoms with Crippen LogP contribution in [0.5, 0.6) is 0 Å². The lowest BCUT2D eigenvalue weighted by atomic mass is 9.93. The summed E-state index contributed by atoms with van der Waals surface area (Å²) in [6.07, 6.45) is 2.01. The monoisotopic (exact) mass is 320 g/mol. The van der Waals surface area contributed by atoms with E-state index < -0.39 is 5.67 Å². The maximum Gasteiger partial charge on any atom is 0.216 e. The van der Waals surface area contributed by atoms with Gasteiger partial charge < -0.3 is 10.2 Å². The molecule has 1 amide bonds. The molecule has 23 heavy (non-hydrogen) atoms. The summed E-state index contributed by atoms with van der Waals surface area (Å²) in [5.74, 6) is 0.0360. The molecule has 1 aliphatic rings. The first-order chi connectivity index (χ1) is 11.0. The highest BCUT2D eigenvalue weighted by atomic mass is 19.1. The molecule has 0 spiro atoms. The Kier molecular flexibility index (Phi) is 4.11. The Balaban J connectivity index is 1.78. The number of piperidine rings is 1. The van der Waals surface area contributed by atoms with Crippen LogP contribution in [-0.4, -0.2) is 41.2 Å². The molecular weight excluding hydrogens is 302 g/mol. The van der Waals surface area contributed by atoms with Gasteiger partial charge in [-0.2, -0.15) is 0 Å². The molecule has 7 heteroatoms. The minimum absolute atomic E-state index is 0.0231. The molecule has 3 rings (SSSR count). The van der Waals surface area contributed by atoms with Crippen LogP contribution in [0.4, 0.5) is 14.6 Å². The summed E-state index contributed by atoms with van der Waals surface area (Å²) in [7, 11) is 0. The molecule has 5 nitrogen and oxygen atoms in total. The third kappa shape index (κ3) is 3.38. The number of nitrogens with zero attached hydrogens (tertiary/aromatic N) is 3. The van der Waals surface area contributed by atoms with Gasteiger partial charge in [-0.3, -0.25) is 4.79 Å². The van der Waals surface area contributed by atoms with Gasteiger partial charge in [-0.15, -0.1) is 0 Å². The van der Waals surface area contributed by atoms with Crippen molar-refractivity contribution in [1.82, 2.24) is 15.3 Å². The van der Waals surface area contributed by atoms with Crippen LogP contribution < -0.4 is 10.2 Å². The summed E-state index contributed by atoms with van der Waals surface area (Å²) in [6.45, 7) is 2.31. The van der Waals surface area contributed by atoms with Gasteiger partial charge in [0.1, 0.15) is 23.6 Å². The van der Waals surface area contributed by atoms with Crippen LogP contribution in [0.2, 0.25) is 0 Å². The van der Waals surface area contributed by atoms with E-state index >= 15 is 0 Å². The van der Waals surface area contributed by atoms with Crippen molar-refractivity contribution in [2.75, 3.05) is 24.5 Å². The predicted molar refractivity (Wildman–Crippen MR) is 83.5 cm³/mol. The molecule has 1 fully saturated rings. The number of benzene rings is 1. The number of fused-ring (bicyclic) bond motifs is 1. The van der Waals surface area contributed by atoms with E-state index in [9.17, 15) is 13.6 Å². The number of hydrogen-bond donors (Lipinski definition) is 1. The van der Waals surface area contributed by atoms with Crippen LogP contribution in [0.3, 0.4) is 0 Å². The molecule has 1 saturated heterocycles. The van der Waals surface area contributed by atoms with Crippen molar-refractivity contribution in [3.05, 3.63) is 30.3 Å². The number of hydrogen-bond acceptors (Lipinski definition) is 4. The van der Waals surface area contributed by atoms with Gasteiger partial charge >= 0.3 is 0 Å². The maximum atomic E-state index is 14.7. The van der Waals surface area contributed by atoms with Gasteiger partial charge in [0.05, 0.1) is 12.1 Å². The van der Waals surface area contributed by atoms with Gasteiger partial charge in [0, 0.05) is 38.2 Å². The molecule has 0 bridgehead atoms. The second-order valence-electron chi connectivity index (χ2n) is 5.91. The summed E-state index contributed by atoms with van der Waals surface area (Å²) in [6, 6.07) is 4.37. The van der Waals surface area contributed by atoms with E-state index in [-0.39, 0.29) is 31.1 Å². The zero-order valence-corrected chi connectivity index (χ0v) is 12.9. The SMILES string of the molecule is CC(=O)NCC1(F)CCN(c2ncnc3ccc(F)cc23)CC1. The number of rotatable bonds is 3. The fourth-order valence-corrected chi connectivity index (χ4v) is 2.85. The molecule has 1 aromatic heterocycles. The first-order valence-electron chi connectivity index (χ1n) is 7.55. The molecule has 0 unspecified atom stereocenters. The molecule has 0 radical (unpaired) electrons. The van der Waals surface area contributed by atoms with Crippen molar-refractivity contribution in [2.24, 2.45) is 0 Å². The Hall–Kier alpha value is -2.31. The smallest absolute Gasteiger partial charge is 0.216 e. The average Bonchev–Trinajstić information content (AvgIpc) is 2.53. The van der Waals surface area contributed by atoms with E-state index in [1.165, 1.54) is 25.4 Å². The number of alkyl halides is 1. The second kappa shape index (κ2) is 6.06. The molecule has 1 aliphatic heterocycles. The van der Waals surface area contributed by atoms with E-state index in [1.807, 2.05) is 4.90 Å². The second-order valence-corrected chi connectivity index (χ2v) is 5.91. The first-order valence-corrected chi connectivity index (χ1v) is 7.55. The minimum Gasteiger partial charge on any atom is -0.356 e. The van der Waals surface area contributed by atoms with E-state index in [4.69, 9.17) is 0 Å². The standard InChI is InChI=1S/C16H18F2N4O/c1-11(23)19-9-16(18)4-6-22(7-5-16)15-13-8-12(17)2-3-14(13)20-10-21-15/h2-3,8,10H,4-7,9H2,1H3,(H,19,23). The van der Waals surface area contributed by atoms with Crippen molar-refractivity contribution in [2.45, 2.75) is 25.4 Å². The normalized spacial score (nSPS) is 17.3. The lowest BCUT2D eigenvalue weighted by molar-refractivity contribution is -0.119. The summed E-state index contributed by atoms with van der Waals surface area (Å²) in [4.78, 5) is 21.3. The van der Waals surface area contributed by atoms with Crippen LogP contribution in [0.15, 0.2) is 24.5 Å². The largest absolute Gasteiger partial charge is 0.356 e. The van der Waals surface area contributed by atoms with E-state index in [2.05, 4.69) is 15.3 Å². The van der Waals surface area contributed by atoms with Gasteiger partial charge in [0.2, 0.25) is 5.91 Å². The third-order valence-corrected chi connectivity index (χ3v) is 4.19. The van der Waals surface area contributed by atoms with Crippen LogP contribution in [0, 0.1) is 5.82 Å². The summed E-state index contributed by atoms with van der Waals surface area (Å²) >= 11 is 0. The zero-order valence-electron chi connectivity index (χ0n) is 12.9. The maximum absolute atomic E-state index is 14.7. The first kappa shape index (κ1) is 15.6. The summed E-state index contributed by atoms with van der Waals surface area (Å²) in [5, 5.41) is 3.17. The molecular formula is C16H18F2N4O. The number of aromatic nitrogens is 2. The molecule has 1 N–H and O–H groups in total. The van der Waals surface area contributed by atoms with Gasteiger partial charge in [-0.25, -0.2) is 18.7 Å². The summed E-state index contributed by atoms with van der Waals surface area (Å²) in [5.41, 5.74) is -0.747. The molecule has 0 saturated carbocycles. The van der Waals surface area contributed by atoms with E-state index in [1.54, 1.807) is 6.07 Å². The van der Waals surface area contributed by atoms with Crippen molar-refractivity contribution >= 4 is 22.6 Å². The van der Waals surface area contributed by atoms with Crippen LogP contribution in [0.1, 0.15) is 19.8 Å². The quantitative estimate of drug-likeness (QED) is 0.942. The van der Waals surface area contributed by atoms with Crippen molar-refractivity contribution < 1.29 is 13.6 Å². The van der Waals surface area contributed by atoms with Crippen molar-refractivity contribution in [3.63, 3.8) is 0 Å². The Morgan fingerprint density at radius 2 is 2.09 bits per heavy atom. The molecule has 1 aromatic carbocycles. The highest BCUT2D eigenvalue weighted by molar-refractivity contribution is 5.89. The Morgan fingerprint density at radius 3 is 2.78 bits per heavy atom. The molecule has 2 heterocycles. The highest BCUT2D eigenvalue weighted by Crippen LogP contribution is 2.31. The van der Waals surface area contributed by atoms with Gasteiger partial charge in [-0.1, -0.05) is 0 Å². The number of carbonyl (C=O) groups is 1. The van der Waals surface area contributed by atoms with E-state index in [0.717, 1.165) is 0 Å². The summed E-state index contributed by atoms with van der Waals surface area (Å²) < 4.78 is 28.2. The zero-order chi connectivity index (χ0) is 16.4. The molecule has 0 aliphatic carbocycles. The topological polar surface area (TPSA) is 58.1 Å². The van der Waals surface area contributed by atoms with Crippen molar-refractivity contribution in [3.8, 4) is 0 Å². The lowest BCUT2D eigenvalue weighted by Gasteiger charge is -2.37. The van der Waals surface area contributed by atoms with Gasteiger partial charge in [-0.05, 0) is 18.2 Å². The molecule has 122 valence electrons.